The molecular formula is C13H9N4O5-. The lowest BCUT2D eigenvalue weighted by Crippen LogP contribution is -1.99. The van der Waals surface area contributed by atoms with E-state index in [9.17, 15) is 25.3 Å². The maximum atomic E-state index is 11.5. The summed E-state index contributed by atoms with van der Waals surface area (Å²) in [5.41, 5.74) is 2.83. The van der Waals surface area contributed by atoms with E-state index in [0.29, 0.717) is 5.69 Å². The van der Waals surface area contributed by atoms with Crippen LogP contribution >= 0.6 is 0 Å². The van der Waals surface area contributed by atoms with Crippen molar-refractivity contribution in [2.45, 2.75) is 0 Å². The second-order valence-electron chi connectivity index (χ2n) is 4.15. The number of anilines is 1. The number of nitro benzene ring substituents is 2. The predicted octanol–water partition coefficient (Wildman–Crippen LogP) is 2.02. The van der Waals surface area contributed by atoms with Crippen LogP contribution in [0.25, 0.3) is 0 Å². The van der Waals surface area contributed by atoms with Crippen molar-refractivity contribution in [3.05, 3.63) is 68.3 Å². The lowest BCUT2D eigenvalue weighted by Gasteiger charge is -2.08. The molecule has 2 rings (SSSR count). The average molecular weight is 301 g/mol. The fourth-order valence-corrected chi connectivity index (χ4v) is 1.58. The Morgan fingerprint density at radius 2 is 1.55 bits per heavy atom. The molecule has 2 aromatic carbocycles. The molecule has 0 atom stereocenters. The van der Waals surface area contributed by atoms with Crippen molar-refractivity contribution in [1.82, 2.24) is 0 Å². The van der Waals surface area contributed by atoms with Gasteiger partial charge in [0.25, 0.3) is 11.4 Å². The zero-order valence-electron chi connectivity index (χ0n) is 11.0. The number of nitro groups is 2. The summed E-state index contributed by atoms with van der Waals surface area (Å²) in [4.78, 5) is 20.0. The normalized spacial score (nSPS) is 10.5. The molecule has 1 N–H and O–H groups in total. The van der Waals surface area contributed by atoms with E-state index in [2.05, 4.69) is 10.5 Å². The lowest BCUT2D eigenvalue weighted by atomic mass is 10.2. The van der Waals surface area contributed by atoms with Crippen LogP contribution in [0, 0.1) is 20.2 Å². The van der Waals surface area contributed by atoms with Gasteiger partial charge in [0.15, 0.2) is 0 Å². The Hall–Kier alpha value is -3.49. The van der Waals surface area contributed by atoms with Gasteiger partial charge in [-0.3, -0.25) is 25.7 Å². The van der Waals surface area contributed by atoms with Crippen LogP contribution in [0.3, 0.4) is 0 Å². The zero-order chi connectivity index (χ0) is 16.1. The van der Waals surface area contributed by atoms with Gasteiger partial charge in [0.05, 0.1) is 21.7 Å². The molecule has 112 valence electrons. The van der Waals surface area contributed by atoms with E-state index in [1.54, 1.807) is 0 Å². The number of hydrogen-bond donors (Lipinski definition) is 1. The largest absolute Gasteiger partial charge is 0.872 e. The van der Waals surface area contributed by atoms with Crippen LogP contribution in [0.5, 0.6) is 5.75 Å². The minimum Gasteiger partial charge on any atom is -0.872 e. The summed E-state index contributed by atoms with van der Waals surface area (Å²) < 4.78 is 0. The van der Waals surface area contributed by atoms with E-state index in [0.717, 1.165) is 24.4 Å². The van der Waals surface area contributed by atoms with E-state index in [-0.39, 0.29) is 16.9 Å². The molecule has 0 fully saturated rings. The summed E-state index contributed by atoms with van der Waals surface area (Å²) in [5, 5.41) is 36.5. The third-order valence-corrected chi connectivity index (χ3v) is 2.68. The molecule has 0 unspecified atom stereocenters. The monoisotopic (exact) mass is 301 g/mol. The lowest BCUT2D eigenvalue weighted by molar-refractivity contribution is -0.385. The fraction of sp³-hybridized carbons (Fsp3) is 0. The molecule has 0 amide bonds. The Balaban J connectivity index is 2.10. The molecule has 0 heterocycles. The van der Waals surface area contributed by atoms with Crippen LogP contribution in [0.2, 0.25) is 0 Å². The SMILES string of the molecule is O=[N+]([O-])c1ccc(N/N=C\c2cc([N+](=O)[O-])ccc2[O-])cc1. The first kappa shape index (κ1) is 14.9. The van der Waals surface area contributed by atoms with Gasteiger partial charge >= 0.3 is 0 Å². The third kappa shape index (κ3) is 3.54. The molecule has 0 spiro atoms. The van der Waals surface area contributed by atoms with Crippen LogP contribution in [0.4, 0.5) is 17.1 Å². The maximum Gasteiger partial charge on any atom is 0.270 e. The Kier molecular flexibility index (Phi) is 4.27. The van der Waals surface area contributed by atoms with E-state index in [1.807, 2.05) is 0 Å². The van der Waals surface area contributed by atoms with Crippen molar-refractivity contribution in [3.8, 4) is 5.75 Å². The zero-order valence-corrected chi connectivity index (χ0v) is 11.0. The number of hydrogen-bond acceptors (Lipinski definition) is 7. The van der Waals surface area contributed by atoms with Crippen molar-refractivity contribution in [2.24, 2.45) is 5.10 Å². The van der Waals surface area contributed by atoms with Crippen molar-refractivity contribution in [2.75, 3.05) is 5.43 Å². The van der Waals surface area contributed by atoms with Crippen LogP contribution in [-0.2, 0) is 0 Å². The summed E-state index contributed by atoms with van der Waals surface area (Å²) in [5.74, 6) is -0.403. The third-order valence-electron chi connectivity index (χ3n) is 2.68. The van der Waals surface area contributed by atoms with Crippen molar-refractivity contribution < 1.29 is 15.0 Å². The van der Waals surface area contributed by atoms with Gasteiger partial charge in [0.2, 0.25) is 0 Å². The average Bonchev–Trinajstić information content (AvgIpc) is 2.49. The second-order valence-corrected chi connectivity index (χ2v) is 4.15. The van der Waals surface area contributed by atoms with Gasteiger partial charge in [0, 0.05) is 24.3 Å². The summed E-state index contributed by atoms with van der Waals surface area (Å²) in [7, 11) is 0. The highest BCUT2D eigenvalue weighted by Gasteiger charge is 2.05. The number of hydrazone groups is 1. The highest BCUT2D eigenvalue weighted by Crippen LogP contribution is 2.19. The fourth-order valence-electron chi connectivity index (χ4n) is 1.58. The standard InChI is InChI=1S/C13H10N4O5/c18-13-6-5-12(17(21)22)7-9(13)8-14-15-10-1-3-11(4-2-10)16(19)20/h1-8,15,18H/p-1/b14-8-. The van der Waals surface area contributed by atoms with Crippen molar-refractivity contribution >= 4 is 23.3 Å². The predicted molar refractivity (Wildman–Crippen MR) is 76.9 cm³/mol. The summed E-state index contributed by atoms with van der Waals surface area (Å²) >= 11 is 0. The smallest absolute Gasteiger partial charge is 0.270 e. The molecule has 0 aromatic heterocycles. The first-order valence-electron chi connectivity index (χ1n) is 5.96. The Morgan fingerprint density at radius 3 is 2.14 bits per heavy atom. The molecule has 0 aliphatic heterocycles. The first-order chi connectivity index (χ1) is 10.5. The number of non-ortho nitro benzene ring substituents is 2. The van der Waals surface area contributed by atoms with Crippen LogP contribution in [0.1, 0.15) is 5.56 Å². The summed E-state index contributed by atoms with van der Waals surface area (Å²) in [6.07, 6.45) is 1.15. The molecule has 9 nitrogen and oxygen atoms in total. The molecule has 22 heavy (non-hydrogen) atoms. The van der Waals surface area contributed by atoms with E-state index >= 15 is 0 Å². The van der Waals surface area contributed by atoms with Gasteiger partial charge < -0.3 is 5.11 Å². The Labute approximate surface area is 123 Å². The molecule has 0 aliphatic rings. The van der Waals surface area contributed by atoms with Gasteiger partial charge in [-0.05, 0) is 17.7 Å². The number of nitrogens with one attached hydrogen (secondary N) is 1. The topological polar surface area (TPSA) is 134 Å². The minimum absolute atomic E-state index is 0.0589. The molecule has 0 aliphatic carbocycles. The van der Waals surface area contributed by atoms with Crippen LogP contribution in [0.15, 0.2) is 47.6 Å². The Bertz CT molecular complexity index is 743. The number of benzene rings is 2. The van der Waals surface area contributed by atoms with Gasteiger partial charge in [-0.15, -0.1) is 0 Å². The van der Waals surface area contributed by atoms with Gasteiger partial charge in [-0.2, -0.15) is 5.10 Å². The molecule has 9 heteroatoms. The molecule has 0 radical (unpaired) electrons. The quantitative estimate of drug-likeness (QED) is 0.510. The van der Waals surface area contributed by atoms with Gasteiger partial charge in [-0.1, -0.05) is 11.8 Å². The van der Waals surface area contributed by atoms with Gasteiger partial charge in [-0.25, -0.2) is 0 Å². The highest BCUT2D eigenvalue weighted by atomic mass is 16.6. The second kappa shape index (κ2) is 6.31. The molecular weight excluding hydrogens is 292 g/mol. The molecule has 2 aromatic rings. The summed E-state index contributed by atoms with van der Waals surface area (Å²) in [6, 6.07) is 8.80. The molecule has 0 bridgehead atoms. The van der Waals surface area contributed by atoms with Crippen molar-refractivity contribution in [3.63, 3.8) is 0 Å². The summed E-state index contributed by atoms with van der Waals surface area (Å²) in [6.45, 7) is 0. The van der Waals surface area contributed by atoms with Crippen LogP contribution in [-0.4, -0.2) is 16.1 Å². The molecule has 0 saturated heterocycles. The Morgan fingerprint density at radius 1 is 0.955 bits per heavy atom. The molecule has 0 saturated carbocycles. The highest BCUT2D eigenvalue weighted by molar-refractivity contribution is 5.84. The number of rotatable bonds is 5. The van der Waals surface area contributed by atoms with E-state index < -0.39 is 15.6 Å². The number of nitrogens with zero attached hydrogens (tertiary/aromatic N) is 3. The van der Waals surface area contributed by atoms with E-state index in [4.69, 9.17) is 0 Å². The first-order valence-corrected chi connectivity index (χ1v) is 5.96. The minimum atomic E-state index is -0.611. The van der Waals surface area contributed by atoms with Crippen molar-refractivity contribution in [1.29, 1.82) is 0 Å². The van der Waals surface area contributed by atoms with Gasteiger partial charge in [0.1, 0.15) is 0 Å². The van der Waals surface area contributed by atoms with Crippen LogP contribution < -0.4 is 10.5 Å². The van der Waals surface area contributed by atoms with E-state index in [1.165, 1.54) is 24.3 Å². The maximum absolute atomic E-state index is 11.5.